The lowest BCUT2D eigenvalue weighted by molar-refractivity contribution is -0.130. The molecular formula is C23H27ClN4O2S. The van der Waals surface area contributed by atoms with Crippen LogP contribution in [0, 0.1) is 0 Å². The van der Waals surface area contributed by atoms with Gasteiger partial charge >= 0.3 is 6.03 Å². The number of benzene rings is 2. The fourth-order valence-corrected chi connectivity index (χ4v) is 4.94. The van der Waals surface area contributed by atoms with Gasteiger partial charge in [-0.25, -0.2) is 4.79 Å². The zero-order valence-corrected chi connectivity index (χ0v) is 19.0. The van der Waals surface area contributed by atoms with Crippen molar-refractivity contribution in [2.45, 2.75) is 6.42 Å². The molecule has 31 heavy (non-hydrogen) atoms. The fourth-order valence-electron chi connectivity index (χ4n) is 3.85. The van der Waals surface area contributed by atoms with Gasteiger partial charge in [0, 0.05) is 67.2 Å². The molecule has 1 N–H and O–H groups in total. The number of rotatable bonds is 4. The number of piperazine rings is 1. The van der Waals surface area contributed by atoms with Crippen LogP contribution >= 0.6 is 23.4 Å². The third-order valence-electron chi connectivity index (χ3n) is 5.66. The lowest BCUT2D eigenvalue weighted by atomic mass is 10.1. The smallest absolute Gasteiger partial charge is 0.321 e. The number of carbonyl (C=O) groups is 2. The number of nitrogens with zero attached hydrogens (tertiary/aromatic N) is 3. The number of nitrogens with one attached hydrogen (secondary N) is 1. The molecule has 2 saturated heterocycles. The third kappa shape index (κ3) is 5.86. The van der Waals surface area contributed by atoms with E-state index in [1.54, 1.807) is 0 Å². The fraction of sp³-hybridized carbons (Fsp3) is 0.391. The molecule has 2 aromatic carbocycles. The number of urea groups is 1. The summed E-state index contributed by atoms with van der Waals surface area (Å²) >= 11 is 7.98. The Balaban J connectivity index is 1.25. The molecular weight excluding hydrogens is 432 g/mol. The van der Waals surface area contributed by atoms with E-state index < -0.39 is 0 Å². The molecule has 2 aromatic rings. The molecule has 2 aliphatic heterocycles. The lowest BCUT2D eigenvalue weighted by Gasteiger charge is -2.36. The van der Waals surface area contributed by atoms with E-state index in [1.165, 1.54) is 0 Å². The summed E-state index contributed by atoms with van der Waals surface area (Å²) in [5.74, 6) is 2.21. The predicted octanol–water partition coefficient (Wildman–Crippen LogP) is 3.81. The van der Waals surface area contributed by atoms with Gasteiger partial charge in [0.1, 0.15) is 0 Å². The number of amides is 3. The van der Waals surface area contributed by atoms with Crippen LogP contribution in [0.1, 0.15) is 5.56 Å². The average molecular weight is 459 g/mol. The van der Waals surface area contributed by atoms with Crippen LogP contribution in [-0.2, 0) is 11.2 Å². The largest absolute Gasteiger partial charge is 0.368 e. The van der Waals surface area contributed by atoms with Crippen LogP contribution in [-0.4, -0.2) is 72.5 Å². The molecule has 2 aliphatic rings. The summed E-state index contributed by atoms with van der Waals surface area (Å²) in [5.41, 5.74) is 2.80. The molecule has 0 bridgehead atoms. The van der Waals surface area contributed by atoms with Gasteiger partial charge in [0.15, 0.2) is 0 Å². The van der Waals surface area contributed by atoms with Crippen LogP contribution in [0.3, 0.4) is 0 Å². The quantitative estimate of drug-likeness (QED) is 0.756. The molecule has 8 heteroatoms. The number of carbonyl (C=O) groups excluding carboxylic acids is 2. The molecule has 0 unspecified atom stereocenters. The highest BCUT2D eigenvalue weighted by Gasteiger charge is 2.22. The number of anilines is 2. The van der Waals surface area contributed by atoms with E-state index in [2.05, 4.69) is 10.2 Å². The minimum atomic E-state index is -0.0969. The van der Waals surface area contributed by atoms with E-state index >= 15 is 0 Å². The van der Waals surface area contributed by atoms with Crippen LogP contribution in [0.25, 0.3) is 0 Å². The van der Waals surface area contributed by atoms with Crippen molar-refractivity contribution in [2.24, 2.45) is 0 Å². The summed E-state index contributed by atoms with van der Waals surface area (Å²) in [6.07, 6.45) is 0.407. The van der Waals surface area contributed by atoms with Gasteiger partial charge in [0.2, 0.25) is 5.91 Å². The normalized spacial score (nSPS) is 16.9. The Hall–Kier alpha value is -2.38. The van der Waals surface area contributed by atoms with Crippen LogP contribution in [0.15, 0.2) is 48.5 Å². The SMILES string of the molecule is O=C(Cc1ccc(NC(=O)N2CCN(c3cccc(Cl)c3)CC2)cc1)N1CCSCC1. The first kappa shape index (κ1) is 21.8. The average Bonchev–Trinajstić information content (AvgIpc) is 2.81. The van der Waals surface area contributed by atoms with Crippen molar-refractivity contribution in [3.8, 4) is 0 Å². The highest BCUT2D eigenvalue weighted by atomic mass is 35.5. The van der Waals surface area contributed by atoms with E-state index in [0.29, 0.717) is 19.5 Å². The highest BCUT2D eigenvalue weighted by molar-refractivity contribution is 7.99. The van der Waals surface area contributed by atoms with E-state index in [0.717, 1.165) is 59.6 Å². The molecule has 0 saturated carbocycles. The highest BCUT2D eigenvalue weighted by Crippen LogP contribution is 2.21. The second-order valence-corrected chi connectivity index (χ2v) is 9.41. The summed E-state index contributed by atoms with van der Waals surface area (Å²) in [6.45, 7) is 4.51. The molecule has 0 radical (unpaired) electrons. The van der Waals surface area contributed by atoms with E-state index in [1.807, 2.05) is 70.1 Å². The molecule has 0 atom stereocenters. The van der Waals surface area contributed by atoms with Crippen molar-refractivity contribution in [3.63, 3.8) is 0 Å². The van der Waals surface area contributed by atoms with Crippen molar-refractivity contribution in [1.29, 1.82) is 0 Å². The van der Waals surface area contributed by atoms with Gasteiger partial charge < -0.3 is 20.0 Å². The number of hydrogen-bond donors (Lipinski definition) is 1. The minimum absolute atomic E-state index is 0.0969. The molecule has 164 valence electrons. The molecule has 2 heterocycles. The number of thioether (sulfide) groups is 1. The van der Waals surface area contributed by atoms with Gasteiger partial charge in [0.25, 0.3) is 0 Å². The first-order chi connectivity index (χ1) is 15.1. The summed E-state index contributed by atoms with van der Waals surface area (Å²) < 4.78 is 0. The maximum atomic E-state index is 12.6. The molecule has 0 aliphatic carbocycles. The number of hydrogen-bond acceptors (Lipinski definition) is 4. The van der Waals surface area contributed by atoms with E-state index in [9.17, 15) is 9.59 Å². The van der Waals surface area contributed by atoms with Gasteiger partial charge in [-0.15, -0.1) is 0 Å². The monoisotopic (exact) mass is 458 g/mol. The second-order valence-electron chi connectivity index (χ2n) is 7.75. The maximum Gasteiger partial charge on any atom is 0.321 e. The van der Waals surface area contributed by atoms with Gasteiger partial charge in [-0.3, -0.25) is 4.79 Å². The van der Waals surface area contributed by atoms with E-state index in [4.69, 9.17) is 11.6 Å². The van der Waals surface area contributed by atoms with Gasteiger partial charge in [0.05, 0.1) is 6.42 Å². The van der Waals surface area contributed by atoms with Crippen LogP contribution in [0.4, 0.5) is 16.2 Å². The Kier molecular flexibility index (Phi) is 7.25. The summed E-state index contributed by atoms with van der Waals surface area (Å²) in [6, 6.07) is 15.3. The van der Waals surface area contributed by atoms with Gasteiger partial charge in [-0.2, -0.15) is 11.8 Å². The van der Waals surface area contributed by atoms with Crippen molar-refractivity contribution in [1.82, 2.24) is 9.80 Å². The molecule has 0 aromatic heterocycles. The standard InChI is InChI=1S/C23H27ClN4O2S/c24-19-2-1-3-21(17-19)26-8-10-28(11-9-26)23(30)25-20-6-4-18(5-7-20)16-22(29)27-12-14-31-15-13-27/h1-7,17H,8-16H2,(H,25,30). The number of halogens is 1. The Morgan fingerprint density at radius 2 is 1.61 bits per heavy atom. The van der Waals surface area contributed by atoms with E-state index in [-0.39, 0.29) is 11.9 Å². The lowest BCUT2D eigenvalue weighted by Crippen LogP contribution is -2.50. The van der Waals surface area contributed by atoms with Crippen molar-refractivity contribution < 1.29 is 9.59 Å². The molecule has 2 fully saturated rings. The summed E-state index contributed by atoms with van der Waals surface area (Å²) in [4.78, 5) is 31.1. The predicted molar refractivity (Wildman–Crippen MR) is 128 cm³/mol. The summed E-state index contributed by atoms with van der Waals surface area (Å²) in [7, 11) is 0. The van der Waals surface area contributed by atoms with Crippen molar-refractivity contribution in [3.05, 3.63) is 59.1 Å². The maximum absolute atomic E-state index is 12.6. The van der Waals surface area contributed by atoms with Gasteiger partial charge in [-0.05, 0) is 35.9 Å². The van der Waals surface area contributed by atoms with Crippen molar-refractivity contribution in [2.75, 3.05) is 61.0 Å². The first-order valence-electron chi connectivity index (χ1n) is 10.6. The Labute approximate surface area is 192 Å². The second kappa shape index (κ2) is 10.3. The zero-order chi connectivity index (χ0) is 21.6. The van der Waals surface area contributed by atoms with Crippen LogP contribution < -0.4 is 10.2 Å². The van der Waals surface area contributed by atoms with Gasteiger partial charge in [-0.1, -0.05) is 29.8 Å². The van der Waals surface area contributed by atoms with Crippen LogP contribution in [0.5, 0.6) is 0 Å². The Morgan fingerprint density at radius 3 is 2.29 bits per heavy atom. The minimum Gasteiger partial charge on any atom is -0.368 e. The Morgan fingerprint density at radius 1 is 0.903 bits per heavy atom. The zero-order valence-electron chi connectivity index (χ0n) is 17.4. The molecule has 0 spiro atoms. The first-order valence-corrected chi connectivity index (χ1v) is 12.1. The molecule has 4 rings (SSSR count). The molecule has 3 amide bonds. The summed E-state index contributed by atoms with van der Waals surface area (Å²) in [5, 5.41) is 3.69. The molecule has 6 nitrogen and oxygen atoms in total. The van der Waals surface area contributed by atoms with Crippen molar-refractivity contribution >= 4 is 46.7 Å². The third-order valence-corrected chi connectivity index (χ3v) is 6.84. The topological polar surface area (TPSA) is 55.9 Å². The van der Waals surface area contributed by atoms with Crippen LogP contribution in [0.2, 0.25) is 5.02 Å². The Bertz CT molecular complexity index is 910.